The Morgan fingerprint density at radius 3 is 2.58 bits per heavy atom. The van der Waals surface area contributed by atoms with Crippen molar-refractivity contribution < 1.29 is 9.90 Å². The van der Waals surface area contributed by atoms with Gasteiger partial charge in [0.1, 0.15) is 0 Å². The zero-order valence-corrected chi connectivity index (χ0v) is 7.71. The van der Waals surface area contributed by atoms with Crippen LogP contribution in [0.2, 0.25) is 0 Å². The Labute approximate surface area is 73.1 Å². The van der Waals surface area contributed by atoms with E-state index in [9.17, 15) is 4.79 Å². The monoisotopic (exact) mass is 174 g/mol. The van der Waals surface area contributed by atoms with Crippen LogP contribution in [0.4, 0.5) is 0 Å². The highest BCUT2D eigenvalue weighted by Crippen LogP contribution is 2.03. The second kappa shape index (κ2) is 5.97. The Morgan fingerprint density at radius 1 is 1.58 bits per heavy atom. The first-order valence-corrected chi connectivity index (χ1v) is 4.25. The van der Waals surface area contributed by atoms with Gasteiger partial charge < -0.3 is 16.2 Å². The van der Waals surface area contributed by atoms with Crippen molar-refractivity contribution in [2.24, 2.45) is 11.7 Å². The highest BCUT2D eigenvalue weighted by molar-refractivity contribution is 5.69. The molecule has 0 aromatic heterocycles. The number of nitrogens with two attached hydrogens (primary N) is 1. The average Bonchev–Trinajstić information content (AvgIpc) is 1.97. The van der Waals surface area contributed by atoms with Crippen molar-refractivity contribution in [3.63, 3.8) is 0 Å². The first kappa shape index (κ1) is 11.4. The molecule has 0 saturated carbocycles. The third-order valence-corrected chi connectivity index (χ3v) is 1.70. The van der Waals surface area contributed by atoms with Crippen molar-refractivity contribution >= 4 is 5.97 Å². The van der Waals surface area contributed by atoms with Gasteiger partial charge in [0.2, 0.25) is 0 Å². The number of rotatable bonds is 6. The summed E-state index contributed by atoms with van der Waals surface area (Å²) in [6.07, 6.45) is 1.55. The first-order valence-electron chi connectivity index (χ1n) is 4.25. The largest absolute Gasteiger partial charge is 0.481 e. The number of carboxylic acid groups (broad SMARTS) is 1. The number of hydrogen-bond acceptors (Lipinski definition) is 3. The minimum atomic E-state index is -0.726. The molecule has 0 radical (unpaired) electrons. The molecule has 0 aliphatic heterocycles. The number of hydrogen-bond donors (Lipinski definition) is 3. The summed E-state index contributed by atoms with van der Waals surface area (Å²) in [5.74, 6) is -0.976. The SMILES string of the molecule is CC(N)NCCCC(C)C(=O)O. The van der Waals surface area contributed by atoms with E-state index in [1.165, 1.54) is 0 Å². The molecule has 0 amide bonds. The van der Waals surface area contributed by atoms with Gasteiger partial charge in [0.05, 0.1) is 12.1 Å². The van der Waals surface area contributed by atoms with Gasteiger partial charge in [-0.05, 0) is 26.3 Å². The fourth-order valence-corrected chi connectivity index (χ4v) is 0.861. The molecule has 4 heteroatoms. The zero-order valence-electron chi connectivity index (χ0n) is 7.71. The summed E-state index contributed by atoms with van der Waals surface area (Å²) >= 11 is 0. The molecule has 0 saturated heterocycles. The van der Waals surface area contributed by atoms with E-state index in [1.54, 1.807) is 6.92 Å². The lowest BCUT2D eigenvalue weighted by Crippen LogP contribution is -2.34. The molecule has 4 nitrogen and oxygen atoms in total. The van der Waals surface area contributed by atoms with E-state index >= 15 is 0 Å². The molecule has 0 aliphatic rings. The summed E-state index contributed by atoms with van der Waals surface area (Å²) in [6.45, 7) is 4.37. The lowest BCUT2D eigenvalue weighted by molar-refractivity contribution is -0.141. The number of carbonyl (C=O) groups is 1. The van der Waals surface area contributed by atoms with Crippen molar-refractivity contribution in [1.29, 1.82) is 0 Å². The van der Waals surface area contributed by atoms with Gasteiger partial charge in [-0.3, -0.25) is 4.79 Å². The zero-order chi connectivity index (χ0) is 9.56. The molecule has 0 aromatic rings. The molecule has 0 aliphatic carbocycles. The van der Waals surface area contributed by atoms with Crippen LogP contribution in [-0.2, 0) is 4.79 Å². The maximum atomic E-state index is 10.4. The second-order valence-electron chi connectivity index (χ2n) is 3.12. The maximum Gasteiger partial charge on any atom is 0.306 e. The molecule has 0 heterocycles. The third kappa shape index (κ3) is 6.12. The van der Waals surface area contributed by atoms with Crippen molar-refractivity contribution in [3.05, 3.63) is 0 Å². The summed E-state index contributed by atoms with van der Waals surface area (Å²) in [4.78, 5) is 10.4. The summed E-state index contributed by atoms with van der Waals surface area (Å²) in [6, 6.07) is 0. The first-order chi connectivity index (χ1) is 5.54. The van der Waals surface area contributed by atoms with Crippen LogP contribution in [-0.4, -0.2) is 23.8 Å². The number of carboxylic acids is 1. The van der Waals surface area contributed by atoms with Crippen molar-refractivity contribution in [2.75, 3.05) is 6.54 Å². The number of aliphatic carboxylic acids is 1. The Hall–Kier alpha value is -0.610. The molecular weight excluding hydrogens is 156 g/mol. The van der Waals surface area contributed by atoms with Gasteiger partial charge in [-0.15, -0.1) is 0 Å². The predicted octanol–water partition coefficient (Wildman–Crippen LogP) is 0.382. The minimum absolute atomic E-state index is 0.00914. The molecule has 2 atom stereocenters. The molecule has 12 heavy (non-hydrogen) atoms. The van der Waals surface area contributed by atoms with Crippen molar-refractivity contribution in [2.45, 2.75) is 32.9 Å². The summed E-state index contributed by atoms with van der Waals surface area (Å²) in [5.41, 5.74) is 5.44. The van der Waals surface area contributed by atoms with Gasteiger partial charge in [0.25, 0.3) is 0 Å². The van der Waals surface area contributed by atoms with Gasteiger partial charge in [-0.1, -0.05) is 6.92 Å². The van der Waals surface area contributed by atoms with Gasteiger partial charge in [-0.25, -0.2) is 0 Å². The quantitative estimate of drug-likeness (QED) is 0.402. The van der Waals surface area contributed by atoms with E-state index < -0.39 is 5.97 Å². The van der Waals surface area contributed by atoms with Crippen LogP contribution in [0, 0.1) is 5.92 Å². The summed E-state index contributed by atoms with van der Waals surface area (Å²) < 4.78 is 0. The average molecular weight is 174 g/mol. The van der Waals surface area contributed by atoms with E-state index in [4.69, 9.17) is 10.8 Å². The molecule has 2 unspecified atom stereocenters. The van der Waals surface area contributed by atoms with Crippen LogP contribution in [0.5, 0.6) is 0 Å². The molecule has 0 rings (SSSR count). The standard InChI is InChI=1S/C8H18N2O2/c1-6(8(11)12)4-3-5-10-7(2)9/h6-7,10H,3-5,9H2,1-2H3,(H,11,12). The fourth-order valence-electron chi connectivity index (χ4n) is 0.861. The van der Waals surface area contributed by atoms with Crippen LogP contribution >= 0.6 is 0 Å². The van der Waals surface area contributed by atoms with Gasteiger partial charge in [0.15, 0.2) is 0 Å². The summed E-state index contributed by atoms with van der Waals surface area (Å²) in [5, 5.41) is 11.6. The van der Waals surface area contributed by atoms with Crippen molar-refractivity contribution in [1.82, 2.24) is 5.32 Å². The predicted molar refractivity (Wildman–Crippen MR) is 47.7 cm³/mol. The van der Waals surface area contributed by atoms with Crippen LogP contribution in [0.15, 0.2) is 0 Å². The molecule has 4 N–H and O–H groups in total. The maximum absolute atomic E-state index is 10.4. The van der Waals surface area contributed by atoms with Gasteiger partial charge in [-0.2, -0.15) is 0 Å². The molecule has 72 valence electrons. The third-order valence-electron chi connectivity index (χ3n) is 1.70. The second-order valence-corrected chi connectivity index (χ2v) is 3.12. The topological polar surface area (TPSA) is 75.3 Å². The van der Waals surface area contributed by atoms with E-state index in [0.29, 0.717) is 6.42 Å². The lowest BCUT2D eigenvalue weighted by atomic mass is 10.1. The van der Waals surface area contributed by atoms with Crippen LogP contribution in [0.1, 0.15) is 26.7 Å². The highest BCUT2D eigenvalue weighted by atomic mass is 16.4. The van der Waals surface area contributed by atoms with Crippen LogP contribution in [0.25, 0.3) is 0 Å². The van der Waals surface area contributed by atoms with E-state index in [0.717, 1.165) is 13.0 Å². The smallest absolute Gasteiger partial charge is 0.306 e. The number of nitrogens with one attached hydrogen (secondary N) is 1. The lowest BCUT2D eigenvalue weighted by Gasteiger charge is -2.09. The fraction of sp³-hybridized carbons (Fsp3) is 0.875. The van der Waals surface area contributed by atoms with Crippen molar-refractivity contribution in [3.8, 4) is 0 Å². The Morgan fingerprint density at radius 2 is 2.17 bits per heavy atom. The summed E-state index contributed by atoms with van der Waals surface area (Å²) in [7, 11) is 0. The van der Waals surface area contributed by atoms with Crippen LogP contribution < -0.4 is 11.1 Å². The molecular formula is C8H18N2O2. The molecule has 0 bridgehead atoms. The van der Waals surface area contributed by atoms with E-state index in [-0.39, 0.29) is 12.1 Å². The van der Waals surface area contributed by atoms with Gasteiger partial charge in [0, 0.05) is 0 Å². The minimum Gasteiger partial charge on any atom is -0.481 e. The normalized spacial score (nSPS) is 15.6. The van der Waals surface area contributed by atoms with E-state index in [1.807, 2.05) is 6.92 Å². The van der Waals surface area contributed by atoms with Gasteiger partial charge >= 0.3 is 5.97 Å². The molecule has 0 aromatic carbocycles. The van der Waals surface area contributed by atoms with Crippen LogP contribution in [0.3, 0.4) is 0 Å². The van der Waals surface area contributed by atoms with E-state index in [2.05, 4.69) is 5.32 Å². The molecule has 0 fully saturated rings. The Kier molecular flexibility index (Phi) is 5.66. The Balaban J connectivity index is 3.25. The molecule has 0 spiro atoms. The highest BCUT2D eigenvalue weighted by Gasteiger charge is 2.09. The Bertz CT molecular complexity index is 137.